The van der Waals surface area contributed by atoms with Crippen molar-refractivity contribution in [3.63, 3.8) is 0 Å². The van der Waals surface area contributed by atoms with Crippen LogP contribution in [-0.2, 0) is 0 Å². The first-order chi connectivity index (χ1) is 11.3. The fourth-order valence-corrected chi connectivity index (χ4v) is 3.83. The fraction of sp³-hybridized carbons (Fsp3) is 0.333. The number of anilines is 1. The van der Waals surface area contributed by atoms with E-state index in [2.05, 4.69) is 38.2 Å². The summed E-state index contributed by atoms with van der Waals surface area (Å²) in [6, 6.07) is 12.3. The first-order valence-corrected chi connectivity index (χ1v) is 9.31. The van der Waals surface area contributed by atoms with Crippen LogP contribution in [0.25, 0.3) is 22.4 Å². The lowest BCUT2D eigenvalue weighted by molar-refractivity contribution is 0.587. The Hall–Kier alpha value is -2.01. The summed E-state index contributed by atoms with van der Waals surface area (Å²) in [4.78, 5) is 15.0. The highest BCUT2D eigenvalue weighted by molar-refractivity contribution is 7.99. The summed E-state index contributed by atoms with van der Waals surface area (Å²) in [5.74, 6) is 1.97. The highest BCUT2D eigenvalue weighted by Gasteiger charge is 2.19. The van der Waals surface area contributed by atoms with Crippen LogP contribution in [0, 0.1) is 0 Å². The minimum Gasteiger partial charge on any atom is -0.357 e. The van der Waals surface area contributed by atoms with Crippen LogP contribution in [-0.4, -0.2) is 39.5 Å². The molecule has 0 bridgehead atoms. The lowest BCUT2D eigenvalue weighted by Gasteiger charge is -2.32. The summed E-state index contributed by atoms with van der Waals surface area (Å²) in [5.41, 5.74) is 3.17. The first kappa shape index (κ1) is 14.6. The highest BCUT2D eigenvalue weighted by Crippen LogP contribution is 2.27. The van der Waals surface area contributed by atoms with Gasteiger partial charge in [-0.25, -0.2) is 9.97 Å². The zero-order chi connectivity index (χ0) is 15.6. The molecule has 4 rings (SSSR count). The van der Waals surface area contributed by atoms with Gasteiger partial charge in [-0.3, -0.25) is 0 Å². The standard InChI is InChI=1S/C18H20N4S/c1-23-14-7-10-22(11-8-14)17-12-13(6-9-19-17)18-20-15-4-2-3-5-16(15)21-18/h2-6,9,12,14H,7-8,10-11H2,1H3,(H,20,21). The molecule has 0 unspecified atom stereocenters. The average molecular weight is 324 g/mol. The van der Waals surface area contributed by atoms with Crippen LogP contribution >= 0.6 is 11.8 Å². The molecule has 4 nitrogen and oxygen atoms in total. The Bertz CT molecular complexity index is 772. The third-order valence-electron chi connectivity index (χ3n) is 4.51. The largest absolute Gasteiger partial charge is 0.357 e. The molecule has 0 amide bonds. The van der Waals surface area contributed by atoms with Crippen molar-refractivity contribution in [1.82, 2.24) is 15.0 Å². The molecule has 0 saturated carbocycles. The Morgan fingerprint density at radius 1 is 1.17 bits per heavy atom. The van der Waals surface area contributed by atoms with Crippen molar-refractivity contribution in [2.24, 2.45) is 0 Å². The van der Waals surface area contributed by atoms with Crippen molar-refractivity contribution in [2.45, 2.75) is 18.1 Å². The van der Waals surface area contributed by atoms with Crippen LogP contribution in [0.5, 0.6) is 0 Å². The Morgan fingerprint density at radius 3 is 2.78 bits per heavy atom. The van der Waals surface area contributed by atoms with Gasteiger partial charge in [0.25, 0.3) is 0 Å². The average Bonchev–Trinajstić information content (AvgIpc) is 3.06. The number of H-pyrrole nitrogens is 1. The molecule has 1 aliphatic heterocycles. The van der Waals surface area contributed by atoms with Crippen LogP contribution in [0.4, 0.5) is 5.82 Å². The number of piperidine rings is 1. The van der Waals surface area contributed by atoms with Crippen LogP contribution < -0.4 is 4.90 Å². The van der Waals surface area contributed by atoms with Gasteiger partial charge in [0.15, 0.2) is 0 Å². The van der Waals surface area contributed by atoms with Crippen LogP contribution in [0.3, 0.4) is 0 Å². The van der Waals surface area contributed by atoms with Gasteiger partial charge in [-0.1, -0.05) is 12.1 Å². The monoisotopic (exact) mass is 324 g/mol. The quantitative estimate of drug-likeness (QED) is 0.792. The molecule has 0 radical (unpaired) electrons. The summed E-state index contributed by atoms with van der Waals surface area (Å²) >= 11 is 1.98. The Morgan fingerprint density at radius 2 is 2.00 bits per heavy atom. The number of thioether (sulfide) groups is 1. The molecule has 1 N–H and O–H groups in total. The maximum atomic E-state index is 4.69. The van der Waals surface area contributed by atoms with E-state index in [1.165, 1.54) is 12.8 Å². The number of hydrogen-bond acceptors (Lipinski definition) is 4. The maximum absolute atomic E-state index is 4.69. The van der Waals surface area contributed by atoms with Gasteiger partial charge in [-0.15, -0.1) is 0 Å². The lowest BCUT2D eigenvalue weighted by atomic mass is 10.1. The van der Waals surface area contributed by atoms with E-state index in [4.69, 9.17) is 0 Å². The predicted molar refractivity (Wildman–Crippen MR) is 98.1 cm³/mol. The van der Waals surface area contributed by atoms with Crippen molar-refractivity contribution in [1.29, 1.82) is 0 Å². The molecular weight excluding hydrogens is 304 g/mol. The third-order valence-corrected chi connectivity index (χ3v) is 5.65. The first-order valence-electron chi connectivity index (χ1n) is 8.02. The summed E-state index contributed by atoms with van der Waals surface area (Å²) in [6.07, 6.45) is 6.56. The van der Waals surface area contributed by atoms with Crippen LogP contribution in [0.15, 0.2) is 42.6 Å². The normalized spacial score (nSPS) is 16.1. The van der Waals surface area contributed by atoms with Crippen LogP contribution in [0.2, 0.25) is 0 Å². The van der Waals surface area contributed by atoms with E-state index in [-0.39, 0.29) is 0 Å². The number of nitrogens with zero attached hydrogens (tertiary/aromatic N) is 3. The molecule has 0 atom stereocenters. The van der Waals surface area contributed by atoms with Gasteiger partial charge in [-0.05, 0) is 43.4 Å². The van der Waals surface area contributed by atoms with Gasteiger partial charge in [-0.2, -0.15) is 11.8 Å². The van der Waals surface area contributed by atoms with Crippen molar-refractivity contribution in [3.05, 3.63) is 42.6 Å². The number of benzene rings is 1. The molecule has 2 aromatic heterocycles. The smallest absolute Gasteiger partial charge is 0.138 e. The summed E-state index contributed by atoms with van der Waals surface area (Å²) in [7, 11) is 0. The Labute approximate surface area is 140 Å². The number of hydrogen-bond donors (Lipinski definition) is 1. The third kappa shape index (κ3) is 2.93. The molecule has 118 valence electrons. The number of fused-ring (bicyclic) bond motifs is 1. The number of pyridine rings is 1. The molecule has 23 heavy (non-hydrogen) atoms. The van der Waals surface area contributed by atoms with Gasteiger partial charge in [0.05, 0.1) is 11.0 Å². The molecule has 5 heteroatoms. The second kappa shape index (κ2) is 6.24. The number of aromatic amines is 1. The van der Waals surface area contributed by atoms with E-state index in [1.54, 1.807) is 0 Å². The van der Waals surface area contributed by atoms with E-state index in [9.17, 15) is 0 Å². The molecule has 3 heterocycles. The molecule has 1 fully saturated rings. The minimum absolute atomic E-state index is 0.796. The van der Waals surface area contributed by atoms with Gasteiger partial charge >= 0.3 is 0 Å². The second-order valence-corrected chi connectivity index (χ2v) is 7.07. The topological polar surface area (TPSA) is 44.8 Å². The Balaban J connectivity index is 1.61. The predicted octanol–water partition coefficient (Wildman–Crippen LogP) is 3.96. The summed E-state index contributed by atoms with van der Waals surface area (Å²) < 4.78 is 0. The molecule has 1 saturated heterocycles. The van der Waals surface area contributed by atoms with E-state index in [0.29, 0.717) is 0 Å². The van der Waals surface area contributed by atoms with E-state index < -0.39 is 0 Å². The van der Waals surface area contributed by atoms with E-state index in [0.717, 1.165) is 46.6 Å². The maximum Gasteiger partial charge on any atom is 0.138 e. The van der Waals surface area contributed by atoms with E-state index in [1.807, 2.05) is 42.2 Å². The minimum atomic E-state index is 0.796. The van der Waals surface area contributed by atoms with Crippen molar-refractivity contribution < 1.29 is 0 Å². The number of para-hydroxylation sites is 2. The molecule has 1 aliphatic rings. The fourth-order valence-electron chi connectivity index (χ4n) is 3.15. The molecule has 0 aliphatic carbocycles. The number of imidazole rings is 1. The molecular formula is C18H20N4S. The van der Waals surface area contributed by atoms with Crippen molar-refractivity contribution >= 4 is 28.6 Å². The van der Waals surface area contributed by atoms with Gasteiger partial charge < -0.3 is 9.88 Å². The van der Waals surface area contributed by atoms with Crippen LogP contribution in [0.1, 0.15) is 12.8 Å². The van der Waals surface area contributed by atoms with Gasteiger partial charge in [0, 0.05) is 30.1 Å². The summed E-state index contributed by atoms with van der Waals surface area (Å²) in [6.45, 7) is 2.17. The van der Waals surface area contributed by atoms with Crippen molar-refractivity contribution in [2.75, 3.05) is 24.2 Å². The summed E-state index contributed by atoms with van der Waals surface area (Å²) in [5, 5.41) is 0.796. The Kier molecular flexibility index (Phi) is 3.95. The SMILES string of the molecule is CSC1CCN(c2cc(-c3nc4ccccc4[nH]3)ccn2)CC1. The van der Waals surface area contributed by atoms with Gasteiger partial charge in [0.2, 0.25) is 0 Å². The zero-order valence-electron chi connectivity index (χ0n) is 13.2. The molecule has 3 aromatic rings. The highest BCUT2D eigenvalue weighted by atomic mass is 32.2. The van der Waals surface area contributed by atoms with E-state index >= 15 is 0 Å². The van der Waals surface area contributed by atoms with Gasteiger partial charge in [0.1, 0.15) is 11.6 Å². The second-order valence-electron chi connectivity index (χ2n) is 5.93. The zero-order valence-corrected chi connectivity index (χ0v) is 14.0. The number of rotatable bonds is 3. The molecule has 0 spiro atoms. The number of aromatic nitrogens is 3. The number of nitrogens with one attached hydrogen (secondary N) is 1. The van der Waals surface area contributed by atoms with Crippen molar-refractivity contribution in [3.8, 4) is 11.4 Å². The lowest BCUT2D eigenvalue weighted by Crippen LogP contribution is -2.35. The molecule has 1 aromatic carbocycles.